The molecular formula is C19H23Cl2N7O2. The highest BCUT2D eigenvalue weighted by atomic mass is 35.5. The van der Waals surface area contributed by atoms with Crippen molar-refractivity contribution in [2.75, 3.05) is 42.9 Å². The fourth-order valence-corrected chi connectivity index (χ4v) is 3.50. The highest BCUT2D eigenvalue weighted by Crippen LogP contribution is 2.36. The van der Waals surface area contributed by atoms with Crippen molar-refractivity contribution in [2.24, 2.45) is 5.73 Å². The Balaban J connectivity index is 0.00000160. The summed E-state index contributed by atoms with van der Waals surface area (Å²) in [6.45, 7) is 2.66. The summed E-state index contributed by atoms with van der Waals surface area (Å²) in [5.41, 5.74) is 6.98. The number of nitrogens with one attached hydrogen (secondary N) is 2. The van der Waals surface area contributed by atoms with Gasteiger partial charge >= 0.3 is 0 Å². The van der Waals surface area contributed by atoms with Crippen LogP contribution in [0, 0.1) is 5.41 Å². The quantitative estimate of drug-likeness (QED) is 0.471. The number of hydrogen-bond acceptors (Lipinski definition) is 5. The minimum atomic E-state index is -0.268. The van der Waals surface area contributed by atoms with E-state index in [9.17, 15) is 9.59 Å². The number of nitrogens with two attached hydrogens (primary N) is 1. The van der Waals surface area contributed by atoms with Gasteiger partial charge in [-0.05, 0) is 24.3 Å². The Hall–Kier alpha value is -2.88. The van der Waals surface area contributed by atoms with Crippen LogP contribution < -0.4 is 16.0 Å². The van der Waals surface area contributed by atoms with Crippen molar-refractivity contribution in [1.82, 2.24) is 14.8 Å². The van der Waals surface area contributed by atoms with Crippen LogP contribution in [0.4, 0.5) is 17.2 Å². The number of carbonyl (C=O) groups is 2. The van der Waals surface area contributed by atoms with Crippen LogP contribution in [-0.4, -0.2) is 65.3 Å². The number of hydrogen-bond donors (Lipinski definition) is 3. The van der Waals surface area contributed by atoms with Crippen LogP contribution in [0.5, 0.6) is 0 Å². The van der Waals surface area contributed by atoms with Crippen LogP contribution in [0.15, 0.2) is 42.6 Å². The molecule has 0 radical (unpaired) electrons. The molecule has 2 aromatic rings. The molecule has 4 N–H and O–H groups in total. The molecule has 0 atom stereocenters. The van der Waals surface area contributed by atoms with E-state index in [1.54, 1.807) is 47.5 Å². The lowest BCUT2D eigenvalue weighted by molar-refractivity contribution is -0.119. The van der Waals surface area contributed by atoms with Gasteiger partial charge in [-0.25, -0.2) is 4.98 Å². The van der Waals surface area contributed by atoms with Crippen LogP contribution in [-0.2, 0) is 4.79 Å². The molecule has 1 aromatic carbocycles. The van der Waals surface area contributed by atoms with Crippen LogP contribution in [0.25, 0.3) is 0 Å². The number of amides is 2. The molecule has 2 aliphatic rings. The number of rotatable bonds is 2. The highest BCUT2D eigenvalue weighted by molar-refractivity contribution is 6.17. The van der Waals surface area contributed by atoms with Gasteiger partial charge in [0.25, 0.3) is 5.91 Å². The molecule has 2 aliphatic heterocycles. The van der Waals surface area contributed by atoms with Crippen LogP contribution >= 0.6 is 24.8 Å². The summed E-state index contributed by atoms with van der Waals surface area (Å²) in [4.78, 5) is 35.6. The van der Waals surface area contributed by atoms with Crippen molar-refractivity contribution in [2.45, 2.75) is 0 Å². The summed E-state index contributed by atoms with van der Waals surface area (Å²) in [5, 5.41) is 10.4. The lowest BCUT2D eigenvalue weighted by Crippen LogP contribution is -2.52. The molecule has 9 nitrogen and oxygen atoms in total. The average Bonchev–Trinajstić information content (AvgIpc) is 2.82. The minimum Gasteiger partial charge on any atom is -0.370 e. The Morgan fingerprint density at radius 3 is 2.50 bits per heavy atom. The normalized spacial score (nSPS) is 15.5. The maximum Gasteiger partial charge on any atom is 0.257 e. The van der Waals surface area contributed by atoms with Crippen molar-refractivity contribution in [3.8, 4) is 0 Å². The van der Waals surface area contributed by atoms with Gasteiger partial charge in [-0.2, -0.15) is 0 Å². The Labute approximate surface area is 186 Å². The molecule has 0 bridgehead atoms. The van der Waals surface area contributed by atoms with Gasteiger partial charge in [-0.1, -0.05) is 12.1 Å². The zero-order valence-electron chi connectivity index (χ0n) is 16.1. The van der Waals surface area contributed by atoms with Crippen molar-refractivity contribution < 1.29 is 9.59 Å². The van der Waals surface area contributed by atoms with E-state index in [4.69, 9.17) is 11.1 Å². The predicted octanol–water partition coefficient (Wildman–Crippen LogP) is 1.67. The molecule has 1 aromatic heterocycles. The van der Waals surface area contributed by atoms with Crippen molar-refractivity contribution in [1.29, 1.82) is 5.41 Å². The number of benzene rings is 1. The van der Waals surface area contributed by atoms with Crippen molar-refractivity contribution in [3.05, 3.63) is 48.2 Å². The summed E-state index contributed by atoms with van der Waals surface area (Å²) in [6, 6.07) is 10.5. The minimum absolute atomic E-state index is 0. The number of nitrogens with zero attached hydrogens (tertiary/aromatic N) is 4. The van der Waals surface area contributed by atoms with E-state index in [1.807, 2.05) is 4.90 Å². The molecule has 2 amide bonds. The predicted molar refractivity (Wildman–Crippen MR) is 120 cm³/mol. The third-order valence-corrected chi connectivity index (χ3v) is 4.96. The largest absolute Gasteiger partial charge is 0.370 e. The Bertz CT molecular complexity index is 948. The number of pyridine rings is 1. The van der Waals surface area contributed by atoms with Crippen LogP contribution in [0.2, 0.25) is 0 Å². The summed E-state index contributed by atoms with van der Waals surface area (Å²) < 4.78 is 0. The standard InChI is InChI=1S/C19H21N7O2.2ClH/c20-19(21)25-10-8-24(9-11-25)12-16(27)26-15-6-2-1-4-13(15)18(28)23-14-5-3-7-22-17(14)26;;/h1-7H,8-12H2,(H3,20,21)(H,23,28);2*1H. The molecule has 160 valence electrons. The third kappa shape index (κ3) is 4.48. The number of halogens is 2. The molecule has 4 rings (SSSR count). The first-order valence-electron chi connectivity index (χ1n) is 9.04. The Kier molecular flexibility index (Phi) is 7.60. The van der Waals surface area contributed by atoms with Gasteiger partial charge in [0.05, 0.1) is 23.5 Å². The zero-order chi connectivity index (χ0) is 19.7. The summed E-state index contributed by atoms with van der Waals surface area (Å²) in [7, 11) is 0. The fraction of sp³-hybridized carbons (Fsp3) is 0.263. The number of fused-ring (bicyclic) bond motifs is 2. The molecule has 11 heteroatoms. The van der Waals surface area contributed by atoms with Crippen LogP contribution in [0.1, 0.15) is 10.4 Å². The second-order valence-electron chi connectivity index (χ2n) is 6.72. The number of para-hydroxylation sites is 1. The van der Waals surface area contributed by atoms with Gasteiger partial charge in [0, 0.05) is 32.4 Å². The van der Waals surface area contributed by atoms with E-state index in [0.717, 1.165) is 0 Å². The number of guanidine groups is 1. The molecule has 0 unspecified atom stereocenters. The molecule has 30 heavy (non-hydrogen) atoms. The van der Waals surface area contributed by atoms with E-state index in [1.165, 1.54) is 4.90 Å². The van der Waals surface area contributed by atoms with E-state index in [0.29, 0.717) is 48.9 Å². The van der Waals surface area contributed by atoms with Gasteiger partial charge in [0.15, 0.2) is 11.8 Å². The Morgan fingerprint density at radius 1 is 1.10 bits per heavy atom. The number of anilines is 3. The number of piperazine rings is 1. The molecule has 0 spiro atoms. The molecular weight excluding hydrogens is 429 g/mol. The van der Waals surface area contributed by atoms with E-state index in [-0.39, 0.29) is 49.1 Å². The summed E-state index contributed by atoms with van der Waals surface area (Å²) in [6.07, 6.45) is 1.60. The summed E-state index contributed by atoms with van der Waals surface area (Å²) in [5.74, 6) is 0.0266. The average molecular weight is 452 g/mol. The first-order chi connectivity index (χ1) is 13.5. The first kappa shape index (κ1) is 23.4. The van der Waals surface area contributed by atoms with Gasteiger partial charge < -0.3 is 16.0 Å². The maximum atomic E-state index is 13.3. The third-order valence-electron chi connectivity index (χ3n) is 4.96. The Morgan fingerprint density at radius 2 is 1.80 bits per heavy atom. The fourth-order valence-electron chi connectivity index (χ4n) is 3.50. The van der Waals surface area contributed by atoms with Gasteiger partial charge in [-0.15, -0.1) is 24.8 Å². The monoisotopic (exact) mass is 451 g/mol. The topological polar surface area (TPSA) is 119 Å². The zero-order valence-corrected chi connectivity index (χ0v) is 17.7. The number of carbonyl (C=O) groups excluding carboxylic acids is 2. The van der Waals surface area contributed by atoms with E-state index >= 15 is 0 Å². The second-order valence-corrected chi connectivity index (χ2v) is 6.72. The van der Waals surface area contributed by atoms with E-state index in [2.05, 4.69) is 10.3 Å². The molecule has 0 saturated carbocycles. The SMILES string of the molecule is Cl.Cl.N=C(N)N1CCN(CC(=O)N2c3ccccc3C(=O)Nc3cccnc32)CC1. The first-order valence-corrected chi connectivity index (χ1v) is 9.04. The van der Waals surface area contributed by atoms with Gasteiger partial charge in [0.1, 0.15) is 0 Å². The number of aromatic nitrogens is 1. The second kappa shape index (κ2) is 9.75. The van der Waals surface area contributed by atoms with Crippen molar-refractivity contribution >= 4 is 59.8 Å². The van der Waals surface area contributed by atoms with Gasteiger partial charge in [-0.3, -0.25) is 24.8 Å². The maximum absolute atomic E-state index is 13.3. The van der Waals surface area contributed by atoms with Crippen molar-refractivity contribution in [3.63, 3.8) is 0 Å². The van der Waals surface area contributed by atoms with Crippen LogP contribution in [0.3, 0.4) is 0 Å². The van der Waals surface area contributed by atoms with E-state index < -0.39 is 0 Å². The molecule has 3 heterocycles. The van der Waals surface area contributed by atoms with Gasteiger partial charge in [0.2, 0.25) is 5.91 Å². The highest BCUT2D eigenvalue weighted by Gasteiger charge is 2.31. The smallest absolute Gasteiger partial charge is 0.257 e. The summed E-state index contributed by atoms with van der Waals surface area (Å²) >= 11 is 0. The lowest BCUT2D eigenvalue weighted by atomic mass is 10.1. The lowest BCUT2D eigenvalue weighted by Gasteiger charge is -2.35. The molecule has 0 aliphatic carbocycles. The molecule has 1 fully saturated rings. The molecule has 1 saturated heterocycles.